The number of aromatic amines is 1. The zero-order valence-corrected chi connectivity index (χ0v) is 17.7. The number of H-pyrrole nitrogens is 1. The lowest BCUT2D eigenvalue weighted by Gasteiger charge is -1.97. The summed E-state index contributed by atoms with van der Waals surface area (Å²) in [5.41, 5.74) is 5.76. The maximum absolute atomic E-state index is 12.0. The summed E-state index contributed by atoms with van der Waals surface area (Å²) in [5, 5.41) is 13.4. The fourth-order valence-electron chi connectivity index (χ4n) is 2.57. The number of nitrogens with zero attached hydrogens (tertiary/aromatic N) is 3. The molecule has 2 aromatic heterocycles. The summed E-state index contributed by atoms with van der Waals surface area (Å²) < 4.78 is 1.67. The lowest BCUT2D eigenvalue weighted by Crippen LogP contribution is -2.19. The number of amides is 1. The second-order valence-electron chi connectivity index (χ2n) is 5.98. The number of hydrogen-bond donors (Lipinski definition) is 2. The monoisotopic (exact) mass is 439 g/mol. The standard InChI is InChI=1S/C20H17N5OS3/c26-18(23-22-11-15-10-21-17-9-5-4-8-16(15)17)13-28-20-25-24-19(29-20)27-12-14-6-2-1-3-7-14/h1-11,21H,12-13H2,(H,23,26)/b22-11-. The second kappa shape index (κ2) is 9.73. The van der Waals surface area contributed by atoms with E-state index in [-0.39, 0.29) is 11.7 Å². The fourth-order valence-corrected chi connectivity index (χ4v) is 5.34. The minimum atomic E-state index is -0.181. The number of nitrogens with one attached hydrogen (secondary N) is 2. The molecule has 0 saturated heterocycles. The molecule has 0 aliphatic rings. The Labute approximate surface area is 180 Å². The van der Waals surface area contributed by atoms with E-state index < -0.39 is 0 Å². The third-order valence-electron chi connectivity index (χ3n) is 3.93. The predicted octanol–water partition coefficient (Wildman–Crippen LogP) is 4.55. The van der Waals surface area contributed by atoms with Gasteiger partial charge in [-0.15, -0.1) is 10.2 Å². The van der Waals surface area contributed by atoms with Gasteiger partial charge in [-0.25, -0.2) is 5.43 Å². The van der Waals surface area contributed by atoms with Crippen LogP contribution in [-0.2, 0) is 10.5 Å². The van der Waals surface area contributed by atoms with Crippen LogP contribution in [0.2, 0.25) is 0 Å². The minimum absolute atomic E-state index is 0.181. The van der Waals surface area contributed by atoms with Crippen LogP contribution in [0.25, 0.3) is 10.9 Å². The Morgan fingerprint density at radius 2 is 1.83 bits per heavy atom. The smallest absolute Gasteiger partial charge is 0.250 e. The van der Waals surface area contributed by atoms with E-state index in [0.717, 1.165) is 30.9 Å². The molecule has 6 nitrogen and oxygen atoms in total. The van der Waals surface area contributed by atoms with Crippen molar-refractivity contribution >= 4 is 57.9 Å². The van der Waals surface area contributed by atoms with Crippen molar-refractivity contribution in [2.75, 3.05) is 5.75 Å². The molecule has 29 heavy (non-hydrogen) atoms. The number of carbonyl (C=O) groups excluding carboxylic acids is 1. The molecular formula is C20H17N5OS3. The van der Waals surface area contributed by atoms with E-state index in [1.807, 2.05) is 48.7 Å². The molecule has 146 valence electrons. The van der Waals surface area contributed by atoms with E-state index in [2.05, 4.69) is 37.8 Å². The summed E-state index contributed by atoms with van der Waals surface area (Å²) in [6.07, 6.45) is 3.51. The van der Waals surface area contributed by atoms with Gasteiger partial charge < -0.3 is 4.98 Å². The average molecular weight is 440 g/mol. The van der Waals surface area contributed by atoms with Crippen molar-refractivity contribution in [3.8, 4) is 0 Å². The second-order valence-corrected chi connectivity index (χ2v) is 9.40. The number of hydrazone groups is 1. The van der Waals surface area contributed by atoms with Gasteiger partial charge in [0.1, 0.15) is 0 Å². The molecule has 4 rings (SSSR count). The Bertz CT molecular complexity index is 1120. The number of thioether (sulfide) groups is 2. The fraction of sp³-hybridized carbons (Fsp3) is 0.100. The van der Waals surface area contributed by atoms with Crippen LogP contribution in [0.15, 0.2) is 74.6 Å². The molecule has 0 atom stereocenters. The maximum Gasteiger partial charge on any atom is 0.250 e. The first-order chi connectivity index (χ1) is 14.3. The first kappa shape index (κ1) is 19.7. The van der Waals surface area contributed by atoms with Gasteiger partial charge in [-0.1, -0.05) is 83.4 Å². The Kier molecular flexibility index (Phi) is 6.60. The van der Waals surface area contributed by atoms with Crippen molar-refractivity contribution in [2.24, 2.45) is 5.10 Å². The summed E-state index contributed by atoms with van der Waals surface area (Å²) in [7, 11) is 0. The summed E-state index contributed by atoms with van der Waals surface area (Å²) in [6, 6.07) is 18.2. The molecule has 2 aromatic carbocycles. The highest BCUT2D eigenvalue weighted by molar-refractivity contribution is 8.03. The topological polar surface area (TPSA) is 83.0 Å². The van der Waals surface area contributed by atoms with Gasteiger partial charge in [0, 0.05) is 28.4 Å². The molecule has 0 saturated carbocycles. The number of para-hydroxylation sites is 1. The van der Waals surface area contributed by atoms with E-state index in [4.69, 9.17) is 0 Å². The minimum Gasteiger partial charge on any atom is -0.361 e. The molecule has 0 bridgehead atoms. The van der Waals surface area contributed by atoms with Crippen molar-refractivity contribution in [3.05, 3.63) is 71.9 Å². The van der Waals surface area contributed by atoms with Gasteiger partial charge in [-0.05, 0) is 11.6 Å². The Morgan fingerprint density at radius 3 is 2.69 bits per heavy atom. The molecular weight excluding hydrogens is 422 g/mol. The maximum atomic E-state index is 12.0. The molecule has 0 unspecified atom stereocenters. The first-order valence-corrected chi connectivity index (χ1v) is 11.6. The lowest BCUT2D eigenvalue weighted by atomic mass is 10.2. The van der Waals surface area contributed by atoms with Crippen LogP contribution in [0.4, 0.5) is 0 Å². The molecule has 0 aliphatic carbocycles. The highest BCUT2D eigenvalue weighted by Crippen LogP contribution is 2.30. The molecule has 2 heterocycles. The normalized spacial score (nSPS) is 11.3. The number of hydrogen-bond acceptors (Lipinski definition) is 7. The van der Waals surface area contributed by atoms with Crippen molar-refractivity contribution in [3.63, 3.8) is 0 Å². The van der Waals surface area contributed by atoms with Crippen LogP contribution in [0.3, 0.4) is 0 Å². The van der Waals surface area contributed by atoms with Crippen molar-refractivity contribution in [1.82, 2.24) is 20.6 Å². The molecule has 0 radical (unpaired) electrons. The van der Waals surface area contributed by atoms with E-state index in [1.165, 1.54) is 28.7 Å². The summed E-state index contributed by atoms with van der Waals surface area (Å²) in [4.78, 5) is 15.2. The number of benzene rings is 2. The van der Waals surface area contributed by atoms with E-state index >= 15 is 0 Å². The zero-order chi connectivity index (χ0) is 19.9. The van der Waals surface area contributed by atoms with Gasteiger partial charge in [0.05, 0.1) is 12.0 Å². The van der Waals surface area contributed by atoms with Crippen molar-refractivity contribution in [1.29, 1.82) is 0 Å². The molecule has 0 aliphatic heterocycles. The van der Waals surface area contributed by atoms with Gasteiger partial charge in [0.15, 0.2) is 8.68 Å². The summed E-state index contributed by atoms with van der Waals surface area (Å²) in [6.45, 7) is 0. The lowest BCUT2D eigenvalue weighted by molar-refractivity contribution is -0.118. The van der Waals surface area contributed by atoms with E-state index in [9.17, 15) is 4.79 Å². The molecule has 9 heteroatoms. The van der Waals surface area contributed by atoms with Crippen LogP contribution in [-0.4, -0.2) is 33.1 Å². The van der Waals surface area contributed by atoms with Crippen molar-refractivity contribution < 1.29 is 4.79 Å². The average Bonchev–Trinajstić information content (AvgIpc) is 3.39. The van der Waals surface area contributed by atoms with Crippen LogP contribution in [0, 0.1) is 0 Å². The Hall–Kier alpha value is -2.62. The van der Waals surface area contributed by atoms with Gasteiger partial charge >= 0.3 is 0 Å². The van der Waals surface area contributed by atoms with Crippen LogP contribution in [0.5, 0.6) is 0 Å². The SMILES string of the molecule is O=C(CSc1nnc(SCc2ccccc2)s1)N/N=C\c1c[nH]c2ccccc12. The highest BCUT2D eigenvalue weighted by Gasteiger charge is 2.09. The zero-order valence-electron chi connectivity index (χ0n) is 15.2. The number of carbonyl (C=O) groups is 1. The van der Waals surface area contributed by atoms with Crippen LogP contribution < -0.4 is 5.43 Å². The van der Waals surface area contributed by atoms with Crippen LogP contribution in [0.1, 0.15) is 11.1 Å². The largest absolute Gasteiger partial charge is 0.361 e. The molecule has 0 fully saturated rings. The number of aromatic nitrogens is 3. The third-order valence-corrected chi connectivity index (χ3v) is 7.19. The number of fused-ring (bicyclic) bond motifs is 1. The molecule has 1 amide bonds. The van der Waals surface area contributed by atoms with Gasteiger partial charge in [0.25, 0.3) is 5.91 Å². The Balaban J connectivity index is 1.23. The Morgan fingerprint density at radius 1 is 1.07 bits per heavy atom. The van der Waals surface area contributed by atoms with Crippen LogP contribution >= 0.6 is 34.9 Å². The summed E-state index contributed by atoms with van der Waals surface area (Å²) >= 11 is 4.51. The molecule has 4 aromatic rings. The number of rotatable bonds is 8. The van der Waals surface area contributed by atoms with Crippen molar-refractivity contribution in [2.45, 2.75) is 14.4 Å². The van der Waals surface area contributed by atoms with E-state index in [1.54, 1.807) is 18.0 Å². The van der Waals surface area contributed by atoms with E-state index in [0.29, 0.717) is 0 Å². The van der Waals surface area contributed by atoms with Gasteiger partial charge in [0.2, 0.25) is 0 Å². The molecule has 0 spiro atoms. The van der Waals surface area contributed by atoms with Gasteiger partial charge in [-0.3, -0.25) is 4.79 Å². The molecule has 2 N–H and O–H groups in total. The first-order valence-electron chi connectivity index (χ1n) is 8.79. The highest BCUT2D eigenvalue weighted by atomic mass is 32.2. The quantitative estimate of drug-likeness (QED) is 0.239. The van der Waals surface area contributed by atoms with Gasteiger partial charge in [-0.2, -0.15) is 5.10 Å². The predicted molar refractivity (Wildman–Crippen MR) is 121 cm³/mol. The third kappa shape index (κ3) is 5.47. The summed E-state index contributed by atoms with van der Waals surface area (Å²) in [5.74, 6) is 0.909.